The molecule has 0 aliphatic rings. The zero-order valence-corrected chi connectivity index (χ0v) is 18.4. The summed E-state index contributed by atoms with van der Waals surface area (Å²) in [6, 6.07) is 16.4. The van der Waals surface area contributed by atoms with Gasteiger partial charge < -0.3 is 34.7 Å². The van der Waals surface area contributed by atoms with Crippen molar-refractivity contribution >= 4 is 18.3 Å². The Morgan fingerprint density at radius 2 is 1.55 bits per heavy atom. The van der Waals surface area contributed by atoms with E-state index in [0.29, 0.717) is 44.3 Å². The summed E-state index contributed by atoms with van der Waals surface area (Å²) in [7, 11) is 1.58. The highest BCUT2D eigenvalue weighted by atomic mass is 35.5. The van der Waals surface area contributed by atoms with Gasteiger partial charge in [0.1, 0.15) is 36.6 Å². The van der Waals surface area contributed by atoms with E-state index in [2.05, 4.69) is 10.6 Å². The summed E-state index contributed by atoms with van der Waals surface area (Å²) in [6.45, 7) is 2.55. The predicted octanol–water partition coefficient (Wildman–Crippen LogP) is 1.66. The molecule has 0 saturated carbocycles. The van der Waals surface area contributed by atoms with E-state index in [0.717, 1.165) is 5.75 Å². The number of para-hydroxylation sites is 1. The van der Waals surface area contributed by atoms with Crippen molar-refractivity contribution in [3.05, 3.63) is 54.6 Å². The zero-order chi connectivity index (χ0) is 21.4. The van der Waals surface area contributed by atoms with Gasteiger partial charge in [-0.3, -0.25) is 4.79 Å². The number of aliphatic hydroxyl groups is 1. The Morgan fingerprint density at radius 1 is 0.903 bits per heavy atom. The van der Waals surface area contributed by atoms with Crippen LogP contribution in [0.15, 0.2) is 54.6 Å². The van der Waals surface area contributed by atoms with E-state index in [4.69, 9.17) is 18.9 Å². The van der Waals surface area contributed by atoms with Crippen molar-refractivity contribution in [2.24, 2.45) is 0 Å². The minimum absolute atomic E-state index is 0. The highest BCUT2D eigenvalue weighted by Crippen LogP contribution is 2.17. The molecule has 3 N–H and O–H groups in total. The Morgan fingerprint density at radius 3 is 2.23 bits per heavy atom. The van der Waals surface area contributed by atoms with Crippen molar-refractivity contribution in [1.29, 1.82) is 0 Å². The molecule has 0 bridgehead atoms. The van der Waals surface area contributed by atoms with Crippen LogP contribution in [-0.4, -0.2) is 70.3 Å². The van der Waals surface area contributed by atoms with Gasteiger partial charge in [0.2, 0.25) is 0 Å². The monoisotopic (exact) mass is 454 g/mol. The first-order chi connectivity index (χ1) is 14.7. The van der Waals surface area contributed by atoms with Crippen molar-refractivity contribution in [1.82, 2.24) is 10.6 Å². The lowest BCUT2D eigenvalue weighted by molar-refractivity contribution is -0.123. The molecule has 0 aliphatic carbocycles. The van der Waals surface area contributed by atoms with Gasteiger partial charge in [-0.25, -0.2) is 0 Å². The third-order valence-corrected chi connectivity index (χ3v) is 3.94. The zero-order valence-electron chi connectivity index (χ0n) is 17.6. The van der Waals surface area contributed by atoms with E-state index in [1.807, 2.05) is 30.3 Å². The number of nitrogens with one attached hydrogen (secondary N) is 2. The number of benzene rings is 2. The standard InChI is InChI=1S/C22H30N2O6.ClH/c1-27-13-12-24-22(26)17-30-21-9-7-20(8-10-21)28-14-11-23-15-18(25)16-29-19-5-3-2-4-6-19;/h2-10,18,23,25H,11-17H2,1H3,(H,24,26);1H/t18-;/m1./s1. The van der Waals surface area contributed by atoms with E-state index in [-0.39, 0.29) is 31.5 Å². The van der Waals surface area contributed by atoms with E-state index < -0.39 is 6.10 Å². The van der Waals surface area contributed by atoms with Crippen molar-refractivity contribution in [2.45, 2.75) is 6.10 Å². The molecule has 0 aliphatic heterocycles. The molecule has 1 atom stereocenters. The Balaban J connectivity index is 0.00000480. The molecule has 31 heavy (non-hydrogen) atoms. The average molecular weight is 455 g/mol. The molecule has 0 saturated heterocycles. The Kier molecular flexibility index (Phi) is 13.9. The lowest BCUT2D eigenvalue weighted by Crippen LogP contribution is -2.33. The lowest BCUT2D eigenvalue weighted by Gasteiger charge is -2.13. The van der Waals surface area contributed by atoms with Gasteiger partial charge in [-0.05, 0) is 36.4 Å². The van der Waals surface area contributed by atoms with E-state index >= 15 is 0 Å². The molecule has 9 heteroatoms. The van der Waals surface area contributed by atoms with Gasteiger partial charge in [-0.1, -0.05) is 18.2 Å². The third kappa shape index (κ3) is 12.0. The van der Waals surface area contributed by atoms with Gasteiger partial charge in [-0.15, -0.1) is 12.4 Å². The van der Waals surface area contributed by atoms with Crippen LogP contribution < -0.4 is 24.8 Å². The molecule has 8 nitrogen and oxygen atoms in total. The van der Waals surface area contributed by atoms with Gasteiger partial charge in [0.25, 0.3) is 5.91 Å². The van der Waals surface area contributed by atoms with Gasteiger partial charge in [-0.2, -0.15) is 0 Å². The van der Waals surface area contributed by atoms with Crippen molar-refractivity contribution in [3.8, 4) is 17.2 Å². The smallest absolute Gasteiger partial charge is 0.258 e. The van der Waals surface area contributed by atoms with Crippen LogP contribution in [0.4, 0.5) is 0 Å². The van der Waals surface area contributed by atoms with Crippen molar-refractivity contribution < 1.29 is 28.8 Å². The van der Waals surface area contributed by atoms with Gasteiger partial charge >= 0.3 is 0 Å². The normalized spacial score (nSPS) is 11.2. The first kappa shape index (κ1) is 26.5. The second-order valence-electron chi connectivity index (χ2n) is 6.43. The molecular weight excluding hydrogens is 424 g/mol. The summed E-state index contributed by atoms with van der Waals surface area (Å²) in [5, 5.41) is 15.7. The summed E-state index contributed by atoms with van der Waals surface area (Å²) in [5.41, 5.74) is 0. The third-order valence-electron chi connectivity index (χ3n) is 3.94. The molecule has 2 rings (SSSR count). The van der Waals surface area contributed by atoms with Crippen molar-refractivity contribution in [3.63, 3.8) is 0 Å². The van der Waals surface area contributed by atoms with Crippen LogP contribution in [0.25, 0.3) is 0 Å². The first-order valence-corrected chi connectivity index (χ1v) is 9.85. The number of rotatable bonds is 15. The topological polar surface area (TPSA) is 98.3 Å². The van der Waals surface area contributed by atoms with Gasteiger partial charge in [0, 0.05) is 26.7 Å². The second-order valence-corrected chi connectivity index (χ2v) is 6.43. The highest BCUT2D eigenvalue weighted by molar-refractivity contribution is 5.85. The number of carbonyl (C=O) groups excluding carboxylic acids is 1. The molecular formula is C22H31ClN2O6. The molecule has 0 radical (unpaired) electrons. The SMILES string of the molecule is COCCNC(=O)COc1ccc(OCCNC[C@@H](O)COc2ccccc2)cc1.Cl. The number of carbonyl (C=O) groups is 1. The average Bonchev–Trinajstić information content (AvgIpc) is 2.78. The maximum absolute atomic E-state index is 11.6. The predicted molar refractivity (Wildman–Crippen MR) is 120 cm³/mol. The maximum atomic E-state index is 11.6. The van der Waals surface area contributed by atoms with Gasteiger partial charge in [0.05, 0.1) is 6.61 Å². The Hall–Kier alpha value is -2.52. The maximum Gasteiger partial charge on any atom is 0.258 e. The highest BCUT2D eigenvalue weighted by Gasteiger charge is 2.05. The largest absolute Gasteiger partial charge is 0.492 e. The Labute approximate surface area is 189 Å². The molecule has 0 heterocycles. The fourth-order valence-corrected chi connectivity index (χ4v) is 2.40. The molecule has 0 spiro atoms. The molecule has 0 aromatic heterocycles. The molecule has 2 aromatic carbocycles. The first-order valence-electron chi connectivity index (χ1n) is 9.85. The van der Waals surface area contributed by atoms with Crippen LogP contribution in [0.2, 0.25) is 0 Å². The number of amides is 1. The number of halogens is 1. The van der Waals surface area contributed by atoms with Crippen LogP contribution >= 0.6 is 12.4 Å². The van der Waals surface area contributed by atoms with E-state index in [1.54, 1.807) is 31.4 Å². The molecule has 0 unspecified atom stereocenters. The summed E-state index contributed by atoms with van der Waals surface area (Å²) in [4.78, 5) is 11.6. The fraction of sp³-hybridized carbons (Fsp3) is 0.409. The van der Waals surface area contributed by atoms with Crippen LogP contribution in [0.3, 0.4) is 0 Å². The Bertz CT molecular complexity index is 718. The number of hydrogen-bond donors (Lipinski definition) is 3. The number of aliphatic hydroxyl groups excluding tert-OH is 1. The lowest BCUT2D eigenvalue weighted by atomic mass is 10.3. The van der Waals surface area contributed by atoms with E-state index in [9.17, 15) is 9.90 Å². The minimum atomic E-state index is -0.603. The second kappa shape index (κ2) is 16.2. The minimum Gasteiger partial charge on any atom is -0.492 e. The number of methoxy groups -OCH3 is 1. The van der Waals surface area contributed by atoms with Gasteiger partial charge in [0.15, 0.2) is 6.61 Å². The molecule has 2 aromatic rings. The summed E-state index contributed by atoms with van der Waals surface area (Å²) >= 11 is 0. The molecule has 172 valence electrons. The van der Waals surface area contributed by atoms with Crippen LogP contribution in [0, 0.1) is 0 Å². The van der Waals surface area contributed by atoms with E-state index in [1.165, 1.54) is 0 Å². The number of ether oxygens (including phenoxy) is 4. The fourth-order valence-electron chi connectivity index (χ4n) is 2.40. The molecule has 1 amide bonds. The quantitative estimate of drug-likeness (QED) is 0.352. The molecule has 0 fully saturated rings. The summed E-state index contributed by atoms with van der Waals surface area (Å²) in [5.74, 6) is 1.82. The van der Waals surface area contributed by atoms with Crippen molar-refractivity contribution in [2.75, 3.05) is 53.2 Å². The van der Waals surface area contributed by atoms with Crippen LogP contribution in [-0.2, 0) is 9.53 Å². The van der Waals surface area contributed by atoms with Crippen LogP contribution in [0.1, 0.15) is 0 Å². The van der Waals surface area contributed by atoms with Crippen LogP contribution in [0.5, 0.6) is 17.2 Å². The summed E-state index contributed by atoms with van der Waals surface area (Å²) < 4.78 is 21.4. The summed E-state index contributed by atoms with van der Waals surface area (Å²) in [6.07, 6.45) is -0.603. The number of hydrogen-bond acceptors (Lipinski definition) is 7.